The van der Waals surface area contributed by atoms with Crippen molar-refractivity contribution in [3.05, 3.63) is 23.8 Å². The molecule has 0 saturated carbocycles. The van der Waals surface area contributed by atoms with Gasteiger partial charge in [-0.15, -0.1) is 0 Å². The van der Waals surface area contributed by atoms with Crippen molar-refractivity contribution >= 4 is 0 Å². The number of aliphatic hydroxyl groups is 1. The van der Waals surface area contributed by atoms with Crippen LogP contribution in [0, 0.1) is 5.92 Å². The lowest BCUT2D eigenvalue weighted by Gasteiger charge is -2.30. The monoisotopic (exact) mass is 295 g/mol. The molecule has 0 fully saturated rings. The third-order valence-electron chi connectivity index (χ3n) is 3.53. The number of ether oxygens (including phenoxy) is 2. The van der Waals surface area contributed by atoms with Crippen molar-refractivity contribution < 1.29 is 14.6 Å². The Balaban J connectivity index is 2.84. The fourth-order valence-corrected chi connectivity index (χ4v) is 2.35. The van der Waals surface area contributed by atoms with Gasteiger partial charge in [0.05, 0.1) is 20.3 Å². The Bertz CT molecular complexity index is 432. The molecular formula is C17H29NO3. The van der Waals surface area contributed by atoms with Crippen molar-refractivity contribution in [1.29, 1.82) is 0 Å². The van der Waals surface area contributed by atoms with Gasteiger partial charge in [-0.05, 0) is 37.5 Å². The molecule has 1 aromatic carbocycles. The van der Waals surface area contributed by atoms with Gasteiger partial charge >= 0.3 is 0 Å². The van der Waals surface area contributed by atoms with Crippen LogP contribution >= 0.6 is 0 Å². The van der Waals surface area contributed by atoms with Crippen molar-refractivity contribution in [2.45, 2.75) is 39.8 Å². The first kappa shape index (κ1) is 17.8. The number of benzene rings is 1. The maximum absolute atomic E-state index is 10.5. The van der Waals surface area contributed by atoms with E-state index in [1.807, 2.05) is 18.2 Å². The molecule has 1 unspecified atom stereocenters. The molecule has 21 heavy (non-hydrogen) atoms. The summed E-state index contributed by atoms with van der Waals surface area (Å²) in [6, 6.07) is 5.97. The first-order valence-corrected chi connectivity index (χ1v) is 7.53. The van der Waals surface area contributed by atoms with E-state index >= 15 is 0 Å². The third kappa shape index (κ3) is 5.21. The van der Waals surface area contributed by atoms with Crippen LogP contribution in [-0.4, -0.2) is 43.4 Å². The molecule has 0 aliphatic rings. The zero-order chi connectivity index (χ0) is 16.0. The first-order valence-electron chi connectivity index (χ1n) is 7.53. The number of rotatable bonds is 8. The molecule has 0 aliphatic heterocycles. The maximum Gasteiger partial charge on any atom is 0.161 e. The van der Waals surface area contributed by atoms with Gasteiger partial charge in [0, 0.05) is 19.1 Å². The molecular weight excluding hydrogens is 266 g/mol. The van der Waals surface area contributed by atoms with E-state index < -0.39 is 6.10 Å². The fourth-order valence-electron chi connectivity index (χ4n) is 2.35. The molecule has 0 bridgehead atoms. The highest BCUT2D eigenvalue weighted by Gasteiger charge is 2.18. The smallest absolute Gasteiger partial charge is 0.161 e. The van der Waals surface area contributed by atoms with Crippen molar-refractivity contribution in [3.8, 4) is 11.5 Å². The van der Waals surface area contributed by atoms with Gasteiger partial charge in [0.1, 0.15) is 0 Å². The summed E-state index contributed by atoms with van der Waals surface area (Å²) in [5, 5.41) is 10.5. The Hall–Kier alpha value is -1.26. The van der Waals surface area contributed by atoms with Crippen LogP contribution in [0.15, 0.2) is 18.2 Å². The summed E-state index contributed by atoms with van der Waals surface area (Å²) in [7, 11) is 3.21. The molecule has 0 saturated heterocycles. The van der Waals surface area contributed by atoms with Gasteiger partial charge in [-0.3, -0.25) is 4.90 Å². The predicted octanol–water partition coefficient (Wildman–Crippen LogP) is 3.10. The van der Waals surface area contributed by atoms with E-state index in [9.17, 15) is 5.11 Å². The van der Waals surface area contributed by atoms with Crippen molar-refractivity contribution in [2.24, 2.45) is 5.92 Å². The Morgan fingerprint density at radius 1 is 1.00 bits per heavy atom. The highest BCUT2D eigenvalue weighted by atomic mass is 16.5. The molecule has 1 aromatic rings. The minimum absolute atomic E-state index is 0.405. The number of aliphatic hydroxyl groups excluding tert-OH is 1. The van der Waals surface area contributed by atoms with Crippen LogP contribution in [0.2, 0.25) is 0 Å². The maximum atomic E-state index is 10.5. The average molecular weight is 295 g/mol. The van der Waals surface area contributed by atoms with Gasteiger partial charge in [-0.2, -0.15) is 0 Å². The van der Waals surface area contributed by atoms with Gasteiger partial charge in [0.2, 0.25) is 0 Å². The summed E-state index contributed by atoms with van der Waals surface area (Å²) in [5.41, 5.74) is 0.849. The first-order chi connectivity index (χ1) is 9.88. The Morgan fingerprint density at radius 3 is 2.10 bits per heavy atom. The number of hydrogen-bond donors (Lipinski definition) is 1. The average Bonchev–Trinajstić information content (AvgIpc) is 2.45. The topological polar surface area (TPSA) is 41.9 Å². The van der Waals surface area contributed by atoms with Gasteiger partial charge in [-0.1, -0.05) is 19.9 Å². The van der Waals surface area contributed by atoms with Crippen LogP contribution in [0.1, 0.15) is 39.4 Å². The second kappa shape index (κ2) is 8.25. The third-order valence-corrected chi connectivity index (χ3v) is 3.53. The lowest BCUT2D eigenvalue weighted by atomic mass is 10.1. The molecule has 120 valence electrons. The molecule has 1 atom stereocenters. The van der Waals surface area contributed by atoms with E-state index in [1.165, 1.54) is 0 Å². The number of methoxy groups -OCH3 is 2. The summed E-state index contributed by atoms with van der Waals surface area (Å²) in [5.74, 6) is 1.90. The summed E-state index contributed by atoms with van der Waals surface area (Å²) in [6.07, 6.45) is -0.536. The van der Waals surface area contributed by atoms with Gasteiger partial charge in [0.25, 0.3) is 0 Å². The van der Waals surface area contributed by atoms with Crippen LogP contribution in [0.25, 0.3) is 0 Å². The van der Waals surface area contributed by atoms with E-state index in [4.69, 9.17) is 9.47 Å². The zero-order valence-electron chi connectivity index (χ0n) is 14.1. The number of hydrogen-bond acceptors (Lipinski definition) is 4. The Kier molecular flexibility index (Phi) is 6.99. The highest BCUT2D eigenvalue weighted by molar-refractivity contribution is 5.43. The van der Waals surface area contributed by atoms with Gasteiger partial charge in [0.15, 0.2) is 11.5 Å². The SMILES string of the molecule is COc1ccc(C(O)CN(CC(C)C)C(C)C)cc1OC. The predicted molar refractivity (Wildman–Crippen MR) is 86.1 cm³/mol. The molecule has 0 aliphatic carbocycles. The van der Waals surface area contributed by atoms with Gasteiger partial charge in [-0.25, -0.2) is 0 Å². The normalized spacial score (nSPS) is 13.0. The van der Waals surface area contributed by atoms with Crippen LogP contribution in [0.4, 0.5) is 0 Å². The molecule has 0 heterocycles. The largest absolute Gasteiger partial charge is 0.493 e. The Labute approximate surface area is 128 Å². The Morgan fingerprint density at radius 2 is 1.62 bits per heavy atom. The molecule has 1 rings (SSSR count). The minimum atomic E-state index is -0.536. The van der Waals surface area contributed by atoms with E-state index in [-0.39, 0.29) is 0 Å². The lowest BCUT2D eigenvalue weighted by molar-refractivity contribution is 0.0875. The summed E-state index contributed by atoms with van der Waals surface area (Å²) >= 11 is 0. The van der Waals surface area contributed by atoms with E-state index in [2.05, 4.69) is 32.6 Å². The molecule has 4 heteroatoms. The lowest BCUT2D eigenvalue weighted by Crippen LogP contribution is -2.37. The van der Waals surface area contributed by atoms with Crippen LogP contribution in [0.5, 0.6) is 11.5 Å². The van der Waals surface area contributed by atoms with Crippen LogP contribution in [-0.2, 0) is 0 Å². The number of nitrogens with zero attached hydrogens (tertiary/aromatic N) is 1. The summed E-state index contributed by atoms with van der Waals surface area (Å²) in [4.78, 5) is 2.30. The molecule has 0 radical (unpaired) electrons. The molecule has 0 spiro atoms. The summed E-state index contributed by atoms with van der Waals surface area (Å²) < 4.78 is 10.5. The van der Waals surface area contributed by atoms with Crippen LogP contribution in [0.3, 0.4) is 0 Å². The standard InChI is InChI=1S/C17H29NO3/c1-12(2)10-18(13(3)4)11-15(19)14-7-8-16(20-5)17(9-14)21-6/h7-9,12-13,15,19H,10-11H2,1-6H3. The second-order valence-electron chi connectivity index (χ2n) is 6.07. The molecule has 1 N–H and O–H groups in total. The highest BCUT2D eigenvalue weighted by Crippen LogP contribution is 2.30. The minimum Gasteiger partial charge on any atom is -0.493 e. The molecule has 0 aromatic heterocycles. The van der Waals surface area contributed by atoms with Crippen molar-refractivity contribution in [3.63, 3.8) is 0 Å². The molecule has 0 amide bonds. The quantitative estimate of drug-likeness (QED) is 0.800. The van der Waals surface area contributed by atoms with E-state index in [1.54, 1.807) is 14.2 Å². The van der Waals surface area contributed by atoms with E-state index in [0.717, 1.165) is 12.1 Å². The van der Waals surface area contributed by atoms with Crippen LogP contribution < -0.4 is 9.47 Å². The summed E-state index contributed by atoms with van der Waals surface area (Å²) in [6.45, 7) is 10.3. The zero-order valence-corrected chi connectivity index (χ0v) is 14.1. The van der Waals surface area contributed by atoms with Crippen molar-refractivity contribution in [2.75, 3.05) is 27.3 Å². The van der Waals surface area contributed by atoms with E-state index in [0.29, 0.717) is 30.0 Å². The fraction of sp³-hybridized carbons (Fsp3) is 0.647. The van der Waals surface area contributed by atoms with Crippen molar-refractivity contribution in [1.82, 2.24) is 4.90 Å². The molecule has 4 nitrogen and oxygen atoms in total. The second-order valence-corrected chi connectivity index (χ2v) is 6.07. The van der Waals surface area contributed by atoms with Gasteiger partial charge < -0.3 is 14.6 Å².